The van der Waals surface area contributed by atoms with Crippen LogP contribution in [-0.4, -0.2) is 46.1 Å². The van der Waals surface area contributed by atoms with Crippen molar-refractivity contribution in [3.8, 4) is 0 Å². The monoisotopic (exact) mass is 148 g/mol. The molecule has 1 aliphatic heterocycles. The SMILES string of the molecule is CN1C(O)CC(O)NC1O. The van der Waals surface area contributed by atoms with Crippen LogP contribution in [0.1, 0.15) is 6.42 Å². The normalized spacial score (nSPS) is 43.8. The van der Waals surface area contributed by atoms with Crippen LogP contribution in [0.25, 0.3) is 0 Å². The molecule has 0 spiro atoms. The van der Waals surface area contributed by atoms with Gasteiger partial charge >= 0.3 is 0 Å². The van der Waals surface area contributed by atoms with Crippen LogP contribution in [0.3, 0.4) is 0 Å². The highest BCUT2D eigenvalue weighted by atomic mass is 16.4. The van der Waals surface area contributed by atoms with Crippen LogP contribution in [0.4, 0.5) is 0 Å². The van der Waals surface area contributed by atoms with Gasteiger partial charge in [0.1, 0.15) is 12.5 Å². The van der Waals surface area contributed by atoms with Gasteiger partial charge in [-0.2, -0.15) is 0 Å². The third-order valence-electron chi connectivity index (χ3n) is 1.63. The lowest BCUT2D eigenvalue weighted by atomic mass is 10.2. The first-order valence-electron chi connectivity index (χ1n) is 3.13. The summed E-state index contributed by atoms with van der Waals surface area (Å²) in [7, 11) is 1.56. The molecule has 3 unspecified atom stereocenters. The highest BCUT2D eigenvalue weighted by Crippen LogP contribution is 2.08. The Morgan fingerprint density at radius 2 is 2.00 bits per heavy atom. The van der Waals surface area contributed by atoms with Gasteiger partial charge in [0.05, 0.1) is 0 Å². The Morgan fingerprint density at radius 3 is 2.50 bits per heavy atom. The van der Waals surface area contributed by atoms with Crippen molar-refractivity contribution in [1.29, 1.82) is 0 Å². The van der Waals surface area contributed by atoms with E-state index >= 15 is 0 Å². The van der Waals surface area contributed by atoms with Crippen LogP contribution < -0.4 is 5.32 Å². The van der Waals surface area contributed by atoms with E-state index in [-0.39, 0.29) is 6.42 Å². The molecule has 0 saturated carbocycles. The van der Waals surface area contributed by atoms with Crippen molar-refractivity contribution in [1.82, 2.24) is 10.2 Å². The molecule has 1 aliphatic rings. The summed E-state index contributed by atoms with van der Waals surface area (Å²) in [5, 5.41) is 29.4. The zero-order chi connectivity index (χ0) is 7.72. The average Bonchev–Trinajstić information content (AvgIpc) is 1.82. The summed E-state index contributed by atoms with van der Waals surface area (Å²) in [6.45, 7) is 0. The number of rotatable bonds is 0. The van der Waals surface area contributed by atoms with E-state index in [4.69, 9.17) is 15.3 Å². The van der Waals surface area contributed by atoms with E-state index in [0.717, 1.165) is 0 Å². The lowest BCUT2D eigenvalue weighted by Crippen LogP contribution is -2.58. The lowest BCUT2D eigenvalue weighted by molar-refractivity contribution is -0.168. The van der Waals surface area contributed by atoms with Crippen molar-refractivity contribution in [2.45, 2.75) is 25.2 Å². The zero-order valence-electron chi connectivity index (χ0n) is 5.73. The summed E-state index contributed by atoms with van der Waals surface area (Å²) >= 11 is 0. The van der Waals surface area contributed by atoms with Gasteiger partial charge in [-0.3, -0.25) is 5.32 Å². The Bertz CT molecular complexity index is 109. The van der Waals surface area contributed by atoms with E-state index in [0.29, 0.717) is 0 Å². The van der Waals surface area contributed by atoms with Crippen molar-refractivity contribution in [2.24, 2.45) is 0 Å². The van der Waals surface area contributed by atoms with Gasteiger partial charge in [0.25, 0.3) is 0 Å². The van der Waals surface area contributed by atoms with Crippen molar-refractivity contribution < 1.29 is 15.3 Å². The predicted octanol–water partition coefficient (Wildman–Crippen LogP) is -2.18. The Morgan fingerprint density at radius 1 is 1.40 bits per heavy atom. The van der Waals surface area contributed by atoms with Gasteiger partial charge in [0, 0.05) is 6.42 Å². The van der Waals surface area contributed by atoms with Crippen LogP contribution in [0.15, 0.2) is 0 Å². The molecule has 60 valence electrons. The van der Waals surface area contributed by atoms with Crippen molar-refractivity contribution in [3.05, 3.63) is 0 Å². The van der Waals surface area contributed by atoms with Gasteiger partial charge in [-0.25, -0.2) is 4.90 Å². The molecular weight excluding hydrogens is 136 g/mol. The number of hydrogen-bond acceptors (Lipinski definition) is 5. The fourth-order valence-corrected chi connectivity index (χ4v) is 0.887. The third-order valence-corrected chi connectivity index (χ3v) is 1.63. The van der Waals surface area contributed by atoms with Crippen molar-refractivity contribution in [2.75, 3.05) is 7.05 Å². The molecule has 1 heterocycles. The second-order valence-electron chi connectivity index (χ2n) is 2.44. The first-order valence-corrected chi connectivity index (χ1v) is 3.13. The minimum Gasteiger partial charge on any atom is -0.378 e. The number of nitrogens with zero attached hydrogens (tertiary/aromatic N) is 1. The second kappa shape index (κ2) is 2.81. The molecule has 0 aliphatic carbocycles. The first kappa shape index (κ1) is 7.90. The van der Waals surface area contributed by atoms with Crippen LogP contribution in [-0.2, 0) is 0 Å². The van der Waals surface area contributed by atoms with Crippen LogP contribution in [0, 0.1) is 0 Å². The summed E-state index contributed by atoms with van der Waals surface area (Å²) in [5.74, 6) is 0. The molecule has 1 fully saturated rings. The van der Waals surface area contributed by atoms with E-state index in [1.165, 1.54) is 4.90 Å². The molecule has 10 heavy (non-hydrogen) atoms. The average molecular weight is 148 g/mol. The van der Waals surface area contributed by atoms with E-state index in [9.17, 15) is 0 Å². The van der Waals surface area contributed by atoms with Crippen molar-refractivity contribution in [3.63, 3.8) is 0 Å². The number of aliphatic hydroxyl groups excluding tert-OH is 3. The molecule has 4 N–H and O–H groups in total. The molecule has 0 aromatic heterocycles. The Labute approximate surface area is 58.9 Å². The molecular formula is C5H12N2O3. The van der Waals surface area contributed by atoms with E-state index < -0.39 is 18.8 Å². The van der Waals surface area contributed by atoms with E-state index in [1.54, 1.807) is 7.05 Å². The molecule has 0 radical (unpaired) electrons. The van der Waals surface area contributed by atoms with Crippen LogP contribution >= 0.6 is 0 Å². The topological polar surface area (TPSA) is 76.0 Å². The van der Waals surface area contributed by atoms with Crippen molar-refractivity contribution >= 4 is 0 Å². The lowest BCUT2D eigenvalue weighted by Gasteiger charge is -2.36. The first-order chi connectivity index (χ1) is 4.61. The minimum atomic E-state index is -0.959. The second-order valence-corrected chi connectivity index (χ2v) is 2.44. The number of nitrogens with one attached hydrogen (secondary N) is 1. The Hall–Kier alpha value is -0.200. The standard InChI is InChI=1S/C5H12N2O3/c1-7-4(9)2-3(8)6-5(7)10/h3-6,8-10H,2H2,1H3. The van der Waals surface area contributed by atoms with Gasteiger partial charge in [-0.1, -0.05) is 0 Å². The fraction of sp³-hybridized carbons (Fsp3) is 1.00. The highest BCUT2D eigenvalue weighted by molar-refractivity contribution is 4.70. The molecule has 1 rings (SSSR count). The van der Waals surface area contributed by atoms with Gasteiger partial charge in [-0.05, 0) is 7.05 Å². The van der Waals surface area contributed by atoms with Crippen LogP contribution in [0.5, 0.6) is 0 Å². The minimum absolute atomic E-state index is 0.216. The smallest absolute Gasteiger partial charge is 0.166 e. The summed E-state index contributed by atoms with van der Waals surface area (Å²) in [5.41, 5.74) is 0. The van der Waals surface area contributed by atoms with Gasteiger partial charge in [0.2, 0.25) is 0 Å². The molecule has 0 aromatic rings. The predicted molar refractivity (Wildman–Crippen MR) is 33.5 cm³/mol. The van der Waals surface area contributed by atoms with Gasteiger partial charge in [0.15, 0.2) is 6.35 Å². The Balaban J connectivity index is 2.49. The molecule has 3 atom stereocenters. The van der Waals surface area contributed by atoms with Gasteiger partial charge < -0.3 is 15.3 Å². The third kappa shape index (κ3) is 1.44. The molecule has 0 amide bonds. The maximum atomic E-state index is 9.08. The largest absolute Gasteiger partial charge is 0.378 e. The Kier molecular flexibility index (Phi) is 2.22. The fourth-order valence-electron chi connectivity index (χ4n) is 0.887. The maximum Gasteiger partial charge on any atom is 0.166 e. The molecule has 5 nitrogen and oxygen atoms in total. The maximum absolute atomic E-state index is 9.08. The van der Waals surface area contributed by atoms with E-state index in [2.05, 4.69) is 5.32 Å². The summed E-state index contributed by atoms with van der Waals surface area (Å²) in [6.07, 6.45) is -2.33. The molecule has 1 saturated heterocycles. The molecule has 5 heteroatoms. The molecule has 0 aromatic carbocycles. The van der Waals surface area contributed by atoms with Gasteiger partial charge in [-0.15, -0.1) is 0 Å². The molecule has 0 bridgehead atoms. The summed E-state index contributed by atoms with van der Waals surface area (Å²) in [6, 6.07) is 0. The highest BCUT2D eigenvalue weighted by Gasteiger charge is 2.28. The summed E-state index contributed by atoms with van der Waals surface area (Å²) in [4.78, 5) is 1.33. The van der Waals surface area contributed by atoms with Crippen LogP contribution in [0.2, 0.25) is 0 Å². The van der Waals surface area contributed by atoms with E-state index in [1.807, 2.05) is 0 Å². The zero-order valence-corrected chi connectivity index (χ0v) is 5.73. The summed E-state index contributed by atoms with van der Waals surface area (Å²) < 4.78 is 0. The number of aliphatic hydroxyl groups is 3. The quantitative estimate of drug-likeness (QED) is 0.314. The number of hydrogen-bond donors (Lipinski definition) is 4.